The largest absolute Gasteiger partial charge is 0.370 e. The zero-order valence-corrected chi connectivity index (χ0v) is 14.5. The molecular formula is C14H19N5S2. The Hall–Kier alpha value is -1.34. The van der Waals surface area contributed by atoms with E-state index in [0.29, 0.717) is 0 Å². The molecule has 112 valence electrons. The van der Waals surface area contributed by atoms with E-state index in [-0.39, 0.29) is 0 Å². The van der Waals surface area contributed by atoms with E-state index in [9.17, 15) is 0 Å². The fourth-order valence-corrected chi connectivity index (χ4v) is 2.99. The van der Waals surface area contributed by atoms with Crippen molar-refractivity contribution in [2.24, 2.45) is 0 Å². The molecule has 0 saturated carbocycles. The lowest BCUT2D eigenvalue weighted by Crippen LogP contribution is -2.02. The van der Waals surface area contributed by atoms with Gasteiger partial charge in [0.05, 0.1) is 0 Å². The molecule has 0 fully saturated rings. The van der Waals surface area contributed by atoms with E-state index in [1.165, 1.54) is 23.5 Å². The standard InChI is InChI=1S/C14H19N5S2/c1-6-15-11-7-12(19-13(18-11)20-5)21-14-16-9(3)8(2)10(4)17-14/h7H,6H2,1-5H3,(H,15,18,19). The Balaban J connectivity index is 2.32. The SMILES string of the molecule is CCNc1cc(Sc2nc(C)c(C)c(C)n2)nc(SC)n1. The maximum absolute atomic E-state index is 4.52. The van der Waals surface area contributed by atoms with Crippen LogP contribution in [-0.2, 0) is 0 Å². The third-order valence-corrected chi connectivity index (χ3v) is 4.36. The molecule has 7 heteroatoms. The normalized spacial score (nSPS) is 10.7. The summed E-state index contributed by atoms with van der Waals surface area (Å²) in [5.41, 5.74) is 3.16. The minimum atomic E-state index is 0.726. The molecule has 0 atom stereocenters. The molecule has 2 aromatic heterocycles. The maximum atomic E-state index is 4.52. The Kier molecular flexibility index (Phi) is 5.41. The lowest BCUT2D eigenvalue weighted by molar-refractivity contribution is 0.862. The average molecular weight is 321 g/mol. The highest BCUT2D eigenvalue weighted by atomic mass is 32.2. The van der Waals surface area contributed by atoms with Crippen LogP contribution in [0.2, 0.25) is 0 Å². The van der Waals surface area contributed by atoms with Gasteiger partial charge in [-0.3, -0.25) is 0 Å². The summed E-state index contributed by atoms with van der Waals surface area (Å²) in [6, 6.07) is 1.93. The van der Waals surface area contributed by atoms with E-state index >= 15 is 0 Å². The molecular weight excluding hydrogens is 302 g/mol. The van der Waals surface area contributed by atoms with Gasteiger partial charge in [0.2, 0.25) is 0 Å². The van der Waals surface area contributed by atoms with E-state index in [1.54, 1.807) is 0 Å². The second kappa shape index (κ2) is 7.09. The van der Waals surface area contributed by atoms with Gasteiger partial charge in [0.1, 0.15) is 10.8 Å². The lowest BCUT2D eigenvalue weighted by atomic mass is 10.2. The van der Waals surface area contributed by atoms with Crippen molar-refractivity contribution >= 4 is 29.3 Å². The van der Waals surface area contributed by atoms with Crippen molar-refractivity contribution in [2.45, 2.75) is 43.0 Å². The summed E-state index contributed by atoms with van der Waals surface area (Å²) in [5.74, 6) is 0.833. The molecule has 2 heterocycles. The van der Waals surface area contributed by atoms with Gasteiger partial charge in [-0.05, 0) is 51.3 Å². The first-order valence-corrected chi connectivity index (χ1v) is 8.74. The molecule has 0 bridgehead atoms. The molecule has 0 spiro atoms. The predicted octanol–water partition coefficient (Wildman–Crippen LogP) is 3.50. The molecule has 0 radical (unpaired) electrons. The topological polar surface area (TPSA) is 63.6 Å². The van der Waals surface area contributed by atoms with Crippen LogP contribution < -0.4 is 5.32 Å². The second-order valence-electron chi connectivity index (χ2n) is 4.51. The van der Waals surface area contributed by atoms with Crippen molar-refractivity contribution in [1.29, 1.82) is 0 Å². The number of hydrogen-bond donors (Lipinski definition) is 1. The van der Waals surface area contributed by atoms with Crippen LogP contribution >= 0.6 is 23.5 Å². The van der Waals surface area contributed by atoms with Gasteiger partial charge in [-0.2, -0.15) is 0 Å². The van der Waals surface area contributed by atoms with Crippen molar-refractivity contribution < 1.29 is 0 Å². The van der Waals surface area contributed by atoms with Gasteiger partial charge in [-0.25, -0.2) is 19.9 Å². The molecule has 0 aliphatic carbocycles. The summed E-state index contributed by atoms with van der Waals surface area (Å²) in [7, 11) is 0. The zero-order valence-electron chi connectivity index (χ0n) is 12.9. The minimum Gasteiger partial charge on any atom is -0.370 e. The molecule has 2 aromatic rings. The lowest BCUT2D eigenvalue weighted by Gasteiger charge is -2.08. The second-order valence-corrected chi connectivity index (χ2v) is 6.27. The Morgan fingerprint density at radius 3 is 2.24 bits per heavy atom. The number of rotatable bonds is 5. The number of aryl methyl sites for hydroxylation is 2. The van der Waals surface area contributed by atoms with Crippen LogP contribution in [0.5, 0.6) is 0 Å². The molecule has 2 rings (SSSR count). The molecule has 0 saturated heterocycles. The quantitative estimate of drug-likeness (QED) is 0.513. The average Bonchev–Trinajstić information content (AvgIpc) is 2.44. The van der Waals surface area contributed by atoms with Gasteiger partial charge in [0.15, 0.2) is 10.3 Å². The Labute approximate surface area is 133 Å². The fraction of sp³-hybridized carbons (Fsp3) is 0.429. The predicted molar refractivity (Wildman–Crippen MR) is 88.3 cm³/mol. The first kappa shape index (κ1) is 16.0. The monoisotopic (exact) mass is 321 g/mol. The molecule has 0 aliphatic rings. The van der Waals surface area contributed by atoms with Crippen molar-refractivity contribution in [3.05, 3.63) is 23.0 Å². The summed E-state index contributed by atoms with van der Waals surface area (Å²) in [6.45, 7) is 8.92. The molecule has 0 amide bonds. The van der Waals surface area contributed by atoms with E-state index in [4.69, 9.17) is 0 Å². The highest BCUT2D eigenvalue weighted by molar-refractivity contribution is 7.99. The summed E-state index contributed by atoms with van der Waals surface area (Å²) in [6.07, 6.45) is 1.97. The van der Waals surface area contributed by atoms with Crippen LogP contribution in [0.15, 0.2) is 21.4 Å². The Morgan fingerprint density at radius 2 is 1.67 bits per heavy atom. The van der Waals surface area contributed by atoms with Crippen LogP contribution in [-0.4, -0.2) is 32.7 Å². The van der Waals surface area contributed by atoms with Gasteiger partial charge < -0.3 is 5.32 Å². The molecule has 21 heavy (non-hydrogen) atoms. The van der Waals surface area contributed by atoms with Crippen LogP contribution in [0, 0.1) is 20.8 Å². The molecule has 5 nitrogen and oxygen atoms in total. The number of hydrogen-bond acceptors (Lipinski definition) is 7. The smallest absolute Gasteiger partial charge is 0.194 e. The van der Waals surface area contributed by atoms with Crippen molar-refractivity contribution in [3.8, 4) is 0 Å². The van der Waals surface area contributed by atoms with Crippen LogP contribution in [0.1, 0.15) is 23.9 Å². The Morgan fingerprint density at radius 1 is 1.00 bits per heavy atom. The van der Waals surface area contributed by atoms with Gasteiger partial charge in [0, 0.05) is 24.0 Å². The van der Waals surface area contributed by atoms with Gasteiger partial charge in [-0.15, -0.1) is 0 Å². The van der Waals surface area contributed by atoms with Gasteiger partial charge in [-0.1, -0.05) is 11.8 Å². The van der Waals surface area contributed by atoms with E-state index in [2.05, 4.69) is 25.3 Å². The summed E-state index contributed by atoms with van der Waals surface area (Å²) >= 11 is 2.99. The van der Waals surface area contributed by atoms with Crippen molar-refractivity contribution in [1.82, 2.24) is 19.9 Å². The summed E-state index contributed by atoms with van der Waals surface area (Å²) in [5, 5.41) is 5.55. The number of thioether (sulfide) groups is 1. The summed E-state index contributed by atoms with van der Waals surface area (Å²) in [4.78, 5) is 18.0. The molecule has 0 unspecified atom stereocenters. The van der Waals surface area contributed by atoms with Crippen LogP contribution in [0.3, 0.4) is 0 Å². The number of anilines is 1. The first-order valence-electron chi connectivity index (χ1n) is 6.70. The zero-order chi connectivity index (χ0) is 15.4. The number of aromatic nitrogens is 4. The molecule has 0 aromatic carbocycles. The third-order valence-electron chi connectivity index (χ3n) is 3.03. The highest BCUT2D eigenvalue weighted by Gasteiger charge is 2.10. The highest BCUT2D eigenvalue weighted by Crippen LogP contribution is 2.27. The maximum Gasteiger partial charge on any atom is 0.194 e. The minimum absolute atomic E-state index is 0.726. The van der Waals surface area contributed by atoms with Crippen molar-refractivity contribution in [2.75, 3.05) is 18.1 Å². The van der Waals surface area contributed by atoms with Gasteiger partial charge in [0.25, 0.3) is 0 Å². The number of nitrogens with one attached hydrogen (secondary N) is 1. The third kappa shape index (κ3) is 4.07. The van der Waals surface area contributed by atoms with E-state index < -0.39 is 0 Å². The number of nitrogens with zero attached hydrogens (tertiary/aromatic N) is 4. The molecule has 1 N–H and O–H groups in total. The van der Waals surface area contributed by atoms with Gasteiger partial charge >= 0.3 is 0 Å². The van der Waals surface area contributed by atoms with E-state index in [0.717, 1.165) is 44.7 Å². The van der Waals surface area contributed by atoms with E-state index in [1.807, 2.05) is 40.0 Å². The van der Waals surface area contributed by atoms with Crippen LogP contribution in [0.25, 0.3) is 0 Å². The summed E-state index contributed by atoms with van der Waals surface area (Å²) < 4.78 is 0. The first-order chi connectivity index (χ1) is 10.0. The molecule has 0 aliphatic heterocycles. The Bertz CT molecular complexity index is 622. The van der Waals surface area contributed by atoms with Crippen LogP contribution in [0.4, 0.5) is 5.82 Å². The fourth-order valence-electron chi connectivity index (χ4n) is 1.70. The van der Waals surface area contributed by atoms with Crippen molar-refractivity contribution in [3.63, 3.8) is 0 Å².